The van der Waals surface area contributed by atoms with Crippen molar-refractivity contribution in [3.63, 3.8) is 0 Å². The van der Waals surface area contributed by atoms with Crippen molar-refractivity contribution in [3.05, 3.63) is 11.1 Å². The topological polar surface area (TPSA) is 191 Å². The number of hydrogen-bond acceptors (Lipinski definition) is 11. The van der Waals surface area contributed by atoms with Crippen LogP contribution in [0.15, 0.2) is 10.5 Å². The van der Waals surface area contributed by atoms with Crippen molar-refractivity contribution in [2.24, 2.45) is 5.16 Å². The van der Waals surface area contributed by atoms with Crippen LogP contribution in [0.25, 0.3) is 0 Å². The van der Waals surface area contributed by atoms with E-state index in [0.29, 0.717) is 0 Å². The second-order valence-corrected chi connectivity index (χ2v) is 7.31. The van der Waals surface area contributed by atoms with Crippen molar-refractivity contribution in [1.29, 1.82) is 0 Å². The number of carbonyl (C=O) groups excluding carboxylic acids is 3. The largest absolute Gasteiger partial charge is 0.464 e. The molecule has 0 bridgehead atoms. The van der Waals surface area contributed by atoms with Crippen LogP contribution in [0.3, 0.4) is 0 Å². The van der Waals surface area contributed by atoms with E-state index in [1.807, 2.05) is 0 Å². The molecule has 4 N–H and O–H groups in total. The minimum Gasteiger partial charge on any atom is -0.464 e. The van der Waals surface area contributed by atoms with Crippen molar-refractivity contribution < 1.29 is 36.9 Å². The highest BCUT2D eigenvalue weighted by atomic mass is 32.2. The molecule has 13 nitrogen and oxygen atoms in total. The fourth-order valence-corrected chi connectivity index (χ4v) is 3.64. The molecule has 1 aromatic rings. The molecule has 2 rings (SSSR count). The number of amides is 2. The fourth-order valence-electron chi connectivity index (χ4n) is 2.23. The highest BCUT2D eigenvalue weighted by molar-refractivity contribution is 7.84. The first kappa shape index (κ1) is 20.5. The Hall–Kier alpha value is -2.78. The Labute approximate surface area is 157 Å². The van der Waals surface area contributed by atoms with Crippen LogP contribution < -0.4 is 11.1 Å². The molecule has 0 saturated carbocycles. The van der Waals surface area contributed by atoms with Crippen LogP contribution >= 0.6 is 11.3 Å². The van der Waals surface area contributed by atoms with Crippen LogP contribution in [0.5, 0.6) is 0 Å². The van der Waals surface area contributed by atoms with Gasteiger partial charge < -0.3 is 20.6 Å². The minimum absolute atomic E-state index is 0.0757. The predicted molar refractivity (Wildman–Crippen MR) is 90.8 cm³/mol. The Morgan fingerprint density at radius 1 is 1.52 bits per heavy atom. The molecule has 1 aromatic heterocycles. The van der Waals surface area contributed by atoms with Crippen LogP contribution in [-0.4, -0.2) is 71.6 Å². The molecular weight excluding hydrogens is 406 g/mol. The molecule has 1 aliphatic rings. The fraction of sp³-hybridized carbons (Fsp3) is 0.417. The molecule has 148 valence electrons. The first-order chi connectivity index (χ1) is 12.6. The normalized spacial score (nSPS) is 20.0. The Morgan fingerprint density at radius 2 is 2.19 bits per heavy atom. The minimum atomic E-state index is -4.90. The van der Waals surface area contributed by atoms with Crippen LogP contribution in [0, 0.1) is 0 Å². The van der Waals surface area contributed by atoms with Gasteiger partial charge in [-0.2, -0.15) is 8.42 Å². The van der Waals surface area contributed by atoms with E-state index in [-0.39, 0.29) is 20.8 Å². The van der Waals surface area contributed by atoms with E-state index in [0.717, 1.165) is 18.3 Å². The summed E-state index contributed by atoms with van der Waals surface area (Å²) in [5.41, 5.74) is 5.27. The molecule has 0 spiro atoms. The lowest BCUT2D eigenvalue weighted by molar-refractivity contribution is -0.154. The SMILES string of the molecule is CON=C(C(=O)N[C@@H]1C(=O)N(S(=O)(=O)O)[C@H]1COC(C)=O)c1csc(N)n1. The van der Waals surface area contributed by atoms with Gasteiger partial charge in [0.25, 0.3) is 11.8 Å². The standard InChI is InChI=1S/C12H15N5O8S2/c1-5(18)25-3-7-9(11(20)17(7)27(21,22)23)15-10(19)8(16-24-2)6-4-26-12(13)14-6/h4,7,9H,3H2,1-2H3,(H2,13,14)(H,15,19)(H,21,22,23)/t7-,9-/m0/s1. The highest BCUT2D eigenvalue weighted by Crippen LogP contribution is 2.24. The summed E-state index contributed by atoms with van der Waals surface area (Å²) < 4.78 is 36.5. The predicted octanol–water partition coefficient (Wildman–Crippen LogP) is -1.86. The molecule has 0 aliphatic carbocycles. The molecule has 1 aliphatic heterocycles. The molecule has 2 heterocycles. The summed E-state index contributed by atoms with van der Waals surface area (Å²) >= 11 is 1.04. The number of nitrogens with two attached hydrogens (primary N) is 1. The van der Waals surface area contributed by atoms with Gasteiger partial charge in [-0.15, -0.1) is 11.3 Å². The third-order valence-corrected chi connectivity index (χ3v) is 4.95. The van der Waals surface area contributed by atoms with Gasteiger partial charge in [0, 0.05) is 12.3 Å². The van der Waals surface area contributed by atoms with Crippen LogP contribution in [0.2, 0.25) is 0 Å². The lowest BCUT2D eigenvalue weighted by Crippen LogP contribution is -2.73. The van der Waals surface area contributed by atoms with Crippen LogP contribution in [-0.2, 0) is 34.3 Å². The second kappa shape index (κ2) is 7.85. The summed E-state index contributed by atoms with van der Waals surface area (Å²) in [7, 11) is -3.72. The highest BCUT2D eigenvalue weighted by Gasteiger charge is 2.54. The number of ether oxygens (including phenoxy) is 1. The zero-order valence-corrected chi connectivity index (χ0v) is 15.6. The maximum absolute atomic E-state index is 12.4. The lowest BCUT2D eigenvalue weighted by Gasteiger charge is -2.43. The van der Waals surface area contributed by atoms with E-state index in [2.05, 4.69) is 25.0 Å². The van der Waals surface area contributed by atoms with E-state index < -0.39 is 46.8 Å². The zero-order valence-electron chi connectivity index (χ0n) is 14.0. The van der Waals surface area contributed by atoms with Crippen molar-refractivity contribution in [1.82, 2.24) is 14.6 Å². The smallest absolute Gasteiger partial charge is 0.362 e. The molecule has 0 radical (unpaired) electrons. The molecule has 0 unspecified atom stereocenters. The third-order valence-electron chi connectivity index (χ3n) is 3.32. The number of nitrogens with one attached hydrogen (secondary N) is 1. The van der Waals surface area contributed by atoms with Gasteiger partial charge in [0.2, 0.25) is 0 Å². The van der Waals surface area contributed by atoms with Gasteiger partial charge in [-0.1, -0.05) is 5.16 Å². The Bertz CT molecular complexity index is 895. The molecule has 15 heteroatoms. The third kappa shape index (κ3) is 4.50. The number of oxime groups is 1. The lowest BCUT2D eigenvalue weighted by atomic mass is 9.99. The van der Waals surface area contributed by atoms with Crippen LogP contribution in [0.1, 0.15) is 12.6 Å². The number of aromatic nitrogens is 1. The van der Waals surface area contributed by atoms with Crippen molar-refractivity contribution in [2.45, 2.75) is 19.0 Å². The molecule has 2 amide bonds. The maximum Gasteiger partial charge on any atom is 0.362 e. The number of esters is 1. The number of nitrogens with zero attached hydrogens (tertiary/aromatic N) is 3. The zero-order chi connectivity index (χ0) is 20.4. The molecule has 1 saturated heterocycles. The number of nitrogen functional groups attached to an aromatic ring is 1. The van der Waals surface area contributed by atoms with E-state index in [9.17, 15) is 22.8 Å². The second-order valence-electron chi connectivity index (χ2n) is 5.13. The number of rotatable bonds is 7. The average molecular weight is 421 g/mol. The van der Waals surface area contributed by atoms with Crippen molar-refractivity contribution in [2.75, 3.05) is 19.5 Å². The number of hydrogen-bond donors (Lipinski definition) is 3. The van der Waals surface area contributed by atoms with E-state index in [4.69, 9.17) is 10.3 Å². The molecular formula is C12H15N5O8S2. The van der Waals surface area contributed by atoms with E-state index in [1.165, 1.54) is 12.5 Å². The maximum atomic E-state index is 12.4. The van der Waals surface area contributed by atoms with Gasteiger partial charge >= 0.3 is 16.3 Å². The molecule has 0 aromatic carbocycles. The Kier molecular flexibility index (Phi) is 5.97. The molecule has 27 heavy (non-hydrogen) atoms. The van der Waals surface area contributed by atoms with Gasteiger partial charge in [-0.05, 0) is 0 Å². The first-order valence-electron chi connectivity index (χ1n) is 7.13. The van der Waals surface area contributed by atoms with E-state index >= 15 is 0 Å². The average Bonchev–Trinajstić information content (AvgIpc) is 2.98. The summed E-state index contributed by atoms with van der Waals surface area (Å²) in [6.45, 7) is 0.508. The number of carbonyl (C=O) groups is 3. The quantitative estimate of drug-likeness (QED) is 0.148. The number of thiazole rings is 1. The summed E-state index contributed by atoms with van der Waals surface area (Å²) in [6, 6.07) is -2.72. The van der Waals surface area contributed by atoms with Crippen molar-refractivity contribution in [3.8, 4) is 0 Å². The Morgan fingerprint density at radius 3 is 2.67 bits per heavy atom. The molecule has 1 fully saturated rings. The Balaban J connectivity index is 2.22. The first-order valence-corrected chi connectivity index (χ1v) is 9.41. The van der Waals surface area contributed by atoms with Gasteiger partial charge in [0.15, 0.2) is 10.8 Å². The summed E-state index contributed by atoms with van der Waals surface area (Å²) in [5, 5.41) is 7.36. The monoisotopic (exact) mass is 421 g/mol. The van der Waals surface area contributed by atoms with E-state index in [1.54, 1.807) is 0 Å². The number of β-lactam (4-membered cyclic amide) rings is 1. The molecule has 2 atom stereocenters. The van der Waals surface area contributed by atoms with Gasteiger partial charge in [-0.3, -0.25) is 18.9 Å². The summed E-state index contributed by atoms with van der Waals surface area (Å²) in [6.07, 6.45) is 0. The summed E-state index contributed by atoms with van der Waals surface area (Å²) in [5.74, 6) is -2.77. The van der Waals surface area contributed by atoms with Crippen LogP contribution in [0.4, 0.5) is 5.13 Å². The van der Waals surface area contributed by atoms with Gasteiger partial charge in [-0.25, -0.2) is 9.29 Å². The van der Waals surface area contributed by atoms with Crippen molar-refractivity contribution >= 4 is 50.3 Å². The van der Waals surface area contributed by atoms with Gasteiger partial charge in [0.05, 0.1) is 0 Å². The summed E-state index contributed by atoms with van der Waals surface area (Å²) in [4.78, 5) is 43.9. The van der Waals surface area contributed by atoms with Gasteiger partial charge in [0.1, 0.15) is 31.5 Å². The number of anilines is 1.